The fourth-order valence-corrected chi connectivity index (χ4v) is 8.04. The summed E-state index contributed by atoms with van der Waals surface area (Å²) < 4.78 is 0. The van der Waals surface area contributed by atoms with Gasteiger partial charge >= 0.3 is 0 Å². The molecule has 3 unspecified atom stereocenters. The molecule has 0 radical (unpaired) electrons. The molecular weight excluding hydrogens is 703 g/mol. The van der Waals surface area contributed by atoms with Crippen molar-refractivity contribution in [3.05, 3.63) is 24.3 Å². The van der Waals surface area contributed by atoms with Crippen LogP contribution in [0.5, 0.6) is 0 Å². The van der Waals surface area contributed by atoms with Gasteiger partial charge in [-0.05, 0) is 64.2 Å². The molecule has 5 heteroatoms. The molecule has 0 bridgehead atoms. The summed E-state index contributed by atoms with van der Waals surface area (Å²) in [6.45, 7) is 4.19. The Hall–Kier alpha value is -1.17. The second-order valence-corrected chi connectivity index (χ2v) is 17.7. The van der Waals surface area contributed by atoms with E-state index in [1.807, 2.05) is 0 Å². The Kier molecular flexibility index (Phi) is 46.5. The van der Waals surface area contributed by atoms with Crippen molar-refractivity contribution in [2.75, 3.05) is 6.61 Å². The SMILES string of the molecule is CCCCCCCCCCCC/C=C\CCCCCCCCCC(=O)NC(CO)C(O)C(O)CCC/C=C/CCCCCCCCCCCCCCCCCCC. The van der Waals surface area contributed by atoms with Crippen molar-refractivity contribution < 1.29 is 20.1 Å². The van der Waals surface area contributed by atoms with Crippen molar-refractivity contribution >= 4 is 5.91 Å². The normalized spacial score (nSPS) is 13.6. The van der Waals surface area contributed by atoms with E-state index in [1.165, 1.54) is 212 Å². The van der Waals surface area contributed by atoms with Crippen molar-refractivity contribution in [3.63, 3.8) is 0 Å². The molecule has 57 heavy (non-hydrogen) atoms. The number of unbranched alkanes of at least 4 members (excludes halogenated alkanes) is 35. The third kappa shape index (κ3) is 42.8. The number of aliphatic hydroxyl groups is 3. The van der Waals surface area contributed by atoms with E-state index < -0.39 is 18.2 Å². The Morgan fingerprint density at radius 1 is 0.421 bits per heavy atom. The summed E-state index contributed by atoms with van der Waals surface area (Å²) >= 11 is 0. The van der Waals surface area contributed by atoms with Gasteiger partial charge in [0.05, 0.1) is 18.8 Å². The summed E-state index contributed by atoms with van der Waals surface area (Å²) in [6.07, 6.45) is 58.8. The number of allylic oxidation sites excluding steroid dienone is 4. The number of amides is 1. The van der Waals surface area contributed by atoms with Gasteiger partial charge in [0, 0.05) is 6.42 Å². The van der Waals surface area contributed by atoms with Gasteiger partial charge < -0.3 is 20.6 Å². The van der Waals surface area contributed by atoms with Crippen molar-refractivity contribution in [1.29, 1.82) is 0 Å². The molecule has 0 aromatic rings. The highest BCUT2D eigenvalue weighted by Crippen LogP contribution is 2.16. The van der Waals surface area contributed by atoms with E-state index in [9.17, 15) is 20.1 Å². The number of hydrogen-bond donors (Lipinski definition) is 4. The zero-order chi connectivity index (χ0) is 41.5. The average molecular weight is 804 g/mol. The standard InChI is InChI=1S/C52H101NO4/c1-3-5-7-9-11-13-15-17-19-21-23-25-27-28-30-32-34-36-38-40-42-44-46-50(55)52(57)49(48-54)53-51(56)47-45-43-41-39-37-35-33-31-29-26-24-22-20-18-16-14-12-10-8-6-4-2/h26,29,38,40,49-50,52,54-55,57H,3-25,27-28,30-37,39,41-48H2,1-2H3,(H,53,56)/b29-26-,40-38+. The minimum absolute atomic E-state index is 0.155. The fraction of sp³-hybridized carbons (Fsp3) is 0.904. The van der Waals surface area contributed by atoms with Crippen molar-refractivity contribution in [2.45, 2.75) is 295 Å². The predicted molar refractivity (Wildman–Crippen MR) is 250 cm³/mol. The van der Waals surface area contributed by atoms with E-state index in [2.05, 4.69) is 43.5 Å². The number of carbonyl (C=O) groups is 1. The Balaban J connectivity index is 3.61. The molecule has 0 aromatic carbocycles. The first-order valence-corrected chi connectivity index (χ1v) is 25.6. The number of nitrogens with one attached hydrogen (secondary N) is 1. The second kappa shape index (κ2) is 47.5. The Morgan fingerprint density at radius 3 is 1.02 bits per heavy atom. The molecular formula is C52H101NO4. The topological polar surface area (TPSA) is 89.8 Å². The van der Waals surface area contributed by atoms with Gasteiger partial charge in [0.2, 0.25) is 5.91 Å². The van der Waals surface area contributed by atoms with Crippen molar-refractivity contribution in [1.82, 2.24) is 5.32 Å². The predicted octanol–water partition coefficient (Wildman–Crippen LogP) is 15.3. The minimum Gasteiger partial charge on any atom is -0.394 e. The lowest BCUT2D eigenvalue weighted by molar-refractivity contribution is -0.124. The van der Waals surface area contributed by atoms with Gasteiger partial charge in [0.25, 0.3) is 0 Å². The molecule has 3 atom stereocenters. The van der Waals surface area contributed by atoms with E-state index >= 15 is 0 Å². The van der Waals surface area contributed by atoms with Crippen LogP contribution < -0.4 is 5.32 Å². The Morgan fingerprint density at radius 2 is 0.702 bits per heavy atom. The number of hydrogen-bond acceptors (Lipinski definition) is 4. The van der Waals surface area contributed by atoms with Crippen LogP contribution >= 0.6 is 0 Å². The minimum atomic E-state index is -1.16. The molecule has 0 saturated carbocycles. The van der Waals surface area contributed by atoms with E-state index in [1.54, 1.807) is 0 Å². The molecule has 4 N–H and O–H groups in total. The van der Waals surface area contributed by atoms with Gasteiger partial charge in [0.1, 0.15) is 6.10 Å². The summed E-state index contributed by atoms with van der Waals surface area (Å²) in [7, 11) is 0. The van der Waals surface area contributed by atoms with E-state index in [0.717, 1.165) is 38.5 Å². The van der Waals surface area contributed by atoms with Crippen LogP contribution in [0.4, 0.5) is 0 Å². The van der Waals surface area contributed by atoms with E-state index in [0.29, 0.717) is 12.8 Å². The summed E-state index contributed by atoms with van der Waals surface area (Å²) in [6, 6.07) is -0.827. The third-order valence-electron chi connectivity index (χ3n) is 12.0. The number of rotatable bonds is 47. The quantitative estimate of drug-likeness (QED) is 0.0364. The molecule has 0 fully saturated rings. The summed E-state index contributed by atoms with van der Waals surface area (Å²) in [4.78, 5) is 12.5. The lowest BCUT2D eigenvalue weighted by Gasteiger charge is -2.26. The largest absolute Gasteiger partial charge is 0.394 e. The molecule has 338 valence electrons. The summed E-state index contributed by atoms with van der Waals surface area (Å²) in [5.41, 5.74) is 0. The smallest absolute Gasteiger partial charge is 0.220 e. The highest BCUT2D eigenvalue weighted by Gasteiger charge is 2.26. The Labute approximate surface area is 356 Å². The van der Waals surface area contributed by atoms with Gasteiger partial charge in [0.15, 0.2) is 0 Å². The van der Waals surface area contributed by atoms with Crippen molar-refractivity contribution in [3.8, 4) is 0 Å². The second-order valence-electron chi connectivity index (χ2n) is 17.7. The lowest BCUT2D eigenvalue weighted by Crippen LogP contribution is -2.50. The summed E-state index contributed by atoms with van der Waals surface area (Å²) in [5, 5.41) is 33.7. The first-order valence-electron chi connectivity index (χ1n) is 25.6. The van der Waals surface area contributed by atoms with Crippen LogP contribution in [0.1, 0.15) is 277 Å². The molecule has 0 aliphatic carbocycles. The molecule has 0 spiro atoms. The van der Waals surface area contributed by atoms with Gasteiger partial charge in [-0.1, -0.05) is 231 Å². The first-order chi connectivity index (χ1) is 28.1. The van der Waals surface area contributed by atoms with Crippen LogP contribution in [0, 0.1) is 0 Å². The lowest BCUT2D eigenvalue weighted by atomic mass is 10.0. The zero-order valence-electron chi connectivity index (χ0n) is 38.5. The Bertz CT molecular complexity index is 844. The first kappa shape index (κ1) is 55.8. The van der Waals surface area contributed by atoms with Crippen LogP contribution in [0.25, 0.3) is 0 Å². The highest BCUT2D eigenvalue weighted by molar-refractivity contribution is 5.76. The monoisotopic (exact) mass is 804 g/mol. The number of carbonyl (C=O) groups excluding carboxylic acids is 1. The summed E-state index contributed by atoms with van der Waals surface area (Å²) in [5.74, 6) is -0.155. The maximum atomic E-state index is 12.5. The molecule has 1 amide bonds. The van der Waals surface area contributed by atoms with Crippen molar-refractivity contribution in [2.24, 2.45) is 0 Å². The molecule has 5 nitrogen and oxygen atoms in total. The van der Waals surface area contributed by atoms with Gasteiger partial charge in [-0.25, -0.2) is 0 Å². The molecule has 0 aromatic heterocycles. The number of aliphatic hydroxyl groups excluding tert-OH is 3. The van der Waals surface area contributed by atoms with Crippen LogP contribution in [0.2, 0.25) is 0 Å². The zero-order valence-corrected chi connectivity index (χ0v) is 38.5. The van der Waals surface area contributed by atoms with Crippen LogP contribution in [0.3, 0.4) is 0 Å². The molecule has 0 aliphatic heterocycles. The molecule has 0 aliphatic rings. The van der Waals surface area contributed by atoms with Crippen LogP contribution in [-0.2, 0) is 4.79 Å². The van der Waals surface area contributed by atoms with Crippen LogP contribution in [-0.4, -0.2) is 46.1 Å². The molecule has 0 heterocycles. The fourth-order valence-electron chi connectivity index (χ4n) is 8.04. The maximum Gasteiger partial charge on any atom is 0.220 e. The van der Waals surface area contributed by atoms with Gasteiger partial charge in [-0.15, -0.1) is 0 Å². The maximum absolute atomic E-state index is 12.5. The van der Waals surface area contributed by atoms with Crippen LogP contribution in [0.15, 0.2) is 24.3 Å². The molecule has 0 saturated heterocycles. The average Bonchev–Trinajstić information content (AvgIpc) is 3.22. The van der Waals surface area contributed by atoms with E-state index in [-0.39, 0.29) is 12.5 Å². The van der Waals surface area contributed by atoms with Gasteiger partial charge in [-0.2, -0.15) is 0 Å². The molecule has 0 rings (SSSR count). The van der Waals surface area contributed by atoms with E-state index in [4.69, 9.17) is 0 Å². The van der Waals surface area contributed by atoms with Gasteiger partial charge in [-0.3, -0.25) is 4.79 Å². The third-order valence-corrected chi connectivity index (χ3v) is 12.0. The highest BCUT2D eigenvalue weighted by atomic mass is 16.3.